The molecule has 0 unspecified atom stereocenters. The molecular weight excluding hydrogens is 140 g/mol. The van der Waals surface area contributed by atoms with Gasteiger partial charge in [0.1, 0.15) is 5.52 Å². The average Bonchev–Trinajstić information content (AvgIpc) is 2.30. The van der Waals surface area contributed by atoms with E-state index in [4.69, 9.17) is 0 Å². The van der Waals surface area contributed by atoms with E-state index in [0.29, 0.717) is 0 Å². The molecule has 0 spiro atoms. The first-order valence-corrected chi connectivity index (χ1v) is 3.42. The van der Waals surface area contributed by atoms with Gasteiger partial charge >= 0.3 is 0 Å². The van der Waals surface area contributed by atoms with Crippen LogP contribution in [-0.2, 0) is 0 Å². The zero-order valence-electron chi connectivity index (χ0n) is 6.15. The highest BCUT2D eigenvalue weighted by molar-refractivity contribution is 5.81. The van der Waals surface area contributed by atoms with E-state index in [0.717, 1.165) is 21.4 Å². The van der Waals surface area contributed by atoms with E-state index in [2.05, 4.69) is 5.10 Å². The second kappa shape index (κ2) is 1.99. The summed E-state index contributed by atoms with van der Waals surface area (Å²) < 4.78 is 0. The van der Waals surface area contributed by atoms with Gasteiger partial charge in [-0.15, -0.1) is 9.94 Å². The summed E-state index contributed by atoms with van der Waals surface area (Å²) in [6, 6.07) is 7.56. The first-order valence-electron chi connectivity index (χ1n) is 3.42. The topological polar surface area (TPSA) is 38.0 Å². The van der Waals surface area contributed by atoms with E-state index < -0.39 is 0 Å². The number of benzene rings is 1. The number of aromatic nitrogens is 2. The smallest absolute Gasteiger partial charge is 0.110 e. The maximum absolute atomic E-state index is 9.20. The van der Waals surface area contributed by atoms with Gasteiger partial charge in [0.25, 0.3) is 0 Å². The van der Waals surface area contributed by atoms with Crippen molar-refractivity contribution >= 4 is 10.9 Å². The Balaban J connectivity index is 2.95. The summed E-state index contributed by atoms with van der Waals surface area (Å²) in [6.07, 6.45) is 0. The molecule has 1 heterocycles. The van der Waals surface area contributed by atoms with Crippen LogP contribution in [-0.4, -0.2) is 15.2 Å². The number of hydrogen-bond donors (Lipinski definition) is 1. The van der Waals surface area contributed by atoms with Crippen LogP contribution in [0.25, 0.3) is 10.9 Å². The Labute approximate surface area is 63.8 Å². The molecule has 1 aromatic heterocycles. The average molecular weight is 148 g/mol. The lowest BCUT2D eigenvalue weighted by Crippen LogP contribution is -1.90. The molecule has 56 valence electrons. The van der Waals surface area contributed by atoms with Crippen LogP contribution in [0, 0.1) is 6.92 Å². The van der Waals surface area contributed by atoms with E-state index >= 15 is 0 Å². The molecule has 0 aliphatic heterocycles. The van der Waals surface area contributed by atoms with Crippen molar-refractivity contribution in [1.82, 2.24) is 9.94 Å². The summed E-state index contributed by atoms with van der Waals surface area (Å²) in [5.41, 5.74) is 1.60. The Hall–Kier alpha value is -1.51. The van der Waals surface area contributed by atoms with Crippen LogP contribution < -0.4 is 0 Å². The number of nitrogens with zero attached hydrogens (tertiary/aromatic N) is 2. The van der Waals surface area contributed by atoms with Crippen LogP contribution >= 0.6 is 0 Å². The van der Waals surface area contributed by atoms with Gasteiger partial charge in [0.15, 0.2) is 0 Å². The zero-order valence-corrected chi connectivity index (χ0v) is 6.15. The molecule has 11 heavy (non-hydrogen) atoms. The van der Waals surface area contributed by atoms with Gasteiger partial charge in [-0.1, -0.05) is 18.2 Å². The van der Waals surface area contributed by atoms with Gasteiger partial charge in [0, 0.05) is 5.39 Å². The van der Waals surface area contributed by atoms with Crippen molar-refractivity contribution in [2.75, 3.05) is 0 Å². The highest BCUT2D eigenvalue weighted by atomic mass is 16.5. The monoisotopic (exact) mass is 148 g/mol. The molecule has 3 heteroatoms. The first kappa shape index (κ1) is 6.22. The summed E-state index contributed by atoms with van der Waals surface area (Å²) in [5, 5.41) is 14.1. The van der Waals surface area contributed by atoms with Gasteiger partial charge in [-0.2, -0.15) is 0 Å². The minimum absolute atomic E-state index is 0.755. The highest BCUT2D eigenvalue weighted by Crippen LogP contribution is 2.15. The number of hydrogen-bond acceptors (Lipinski definition) is 2. The van der Waals surface area contributed by atoms with Crippen molar-refractivity contribution in [3.05, 3.63) is 30.0 Å². The van der Waals surface area contributed by atoms with Crippen LogP contribution in [0.2, 0.25) is 0 Å². The molecule has 0 amide bonds. The summed E-state index contributed by atoms with van der Waals surface area (Å²) >= 11 is 0. The lowest BCUT2D eigenvalue weighted by atomic mass is 10.2. The molecule has 1 aromatic carbocycles. The van der Waals surface area contributed by atoms with Crippen molar-refractivity contribution in [2.24, 2.45) is 0 Å². The molecule has 0 bridgehead atoms. The van der Waals surface area contributed by atoms with Crippen LogP contribution in [0.15, 0.2) is 24.3 Å². The molecule has 0 aliphatic carbocycles. The Bertz CT molecular complexity index is 356. The fourth-order valence-electron chi connectivity index (χ4n) is 1.20. The third-order valence-corrected chi connectivity index (χ3v) is 1.75. The van der Waals surface area contributed by atoms with E-state index in [1.165, 1.54) is 0 Å². The largest absolute Gasteiger partial charge is 0.411 e. The van der Waals surface area contributed by atoms with Gasteiger partial charge in [0.05, 0.1) is 5.69 Å². The van der Waals surface area contributed by atoms with Crippen molar-refractivity contribution < 1.29 is 5.21 Å². The molecular formula is C8H8N2O. The van der Waals surface area contributed by atoms with Gasteiger partial charge in [-0.25, -0.2) is 0 Å². The Morgan fingerprint density at radius 1 is 1.36 bits per heavy atom. The summed E-state index contributed by atoms with van der Waals surface area (Å²) in [7, 11) is 0. The van der Waals surface area contributed by atoms with Crippen LogP contribution in [0.4, 0.5) is 0 Å². The van der Waals surface area contributed by atoms with Crippen molar-refractivity contribution in [2.45, 2.75) is 6.92 Å². The number of aryl methyl sites for hydroxylation is 1. The predicted octanol–water partition coefficient (Wildman–Crippen LogP) is 1.58. The fourth-order valence-corrected chi connectivity index (χ4v) is 1.20. The normalized spacial score (nSPS) is 10.6. The molecule has 2 rings (SSSR count). The summed E-state index contributed by atoms with van der Waals surface area (Å²) in [4.78, 5) is 0.907. The molecule has 3 nitrogen and oxygen atoms in total. The van der Waals surface area contributed by atoms with E-state index in [-0.39, 0.29) is 0 Å². The standard InChI is InChI=1S/C8H8N2O/c1-6-7-4-2-3-5-8(7)10(11)9-6/h2-5,11H,1H3. The molecule has 0 atom stereocenters. The van der Waals surface area contributed by atoms with Gasteiger partial charge in [0.2, 0.25) is 0 Å². The quantitative estimate of drug-likeness (QED) is 0.576. The second-order valence-corrected chi connectivity index (χ2v) is 2.49. The van der Waals surface area contributed by atoms with Crippen LogP contribution in [0.3, 0.4) is 0 Å². The van der Waals surface area contributed by atoms with Crippen LogP contribution in [0.5, 0.6) is 0 Å². The number of fused-ring (bicyclic) bond motifs is 1. The van der Waals surface area contributed by atoms with Crippen molar-refractivity contribution in [3.8, 4) is 0 Å². The molecule has 0 fully saturated rings. The number of rotatable bonds is 0. The van der Waals surface area contributed by atoms with Gasteiger partial charge in [-0.3, -0.25) is 0 Å². The van der Waals surface area contributed by atoms with Crippen molar-refractivity contribution in [3.63, 3.8) is 0 Å². The molecule has 0 aliphatic rings. The lowest BCUT2D eigenvalue weighted by molar-refractivity contribution is 0.160. The third kappa shape index (κ3) is 0.774. The minimum Gasteiger partial charge on any atom is -0.411 e. The molecule has 2 aromatic rings. The second-order valence-electron chi connectivity index (χ2n) is 2.49. The SMILES string of the molecule is Cc1nn(O)c2ccccc12. The summed E-state index contributed by atoms with van der Waals surface area (Å²) in [5.74, 6) is 0. The van der Waals surface area contributed by atoms with E-state index in [1.54, 1.807) is 0 Å². The molecule has 1 N–H and O–H groups in total. The molecule has 0 saturated carbocycles. The minimum atomic E-state index is 0.755. The Morgan fingerprint density at radius 2 is 2.09 bits per heavy atom. The van der Waals surface area contributed by atoms with E-state index in [1.807, 2.05) is 31.2 Å². The predicted molar refractivity (Wildman–Crippen MR) is 41.7 cm³/mol. The lowest BCUT2D eigenvalue weighted by Gasteiger charge is -1.88. The maximum Gasteiger partial charge on any atom is 0.110 e. The zero-order chi connectivity index (χ0) is 7.84. The number of para-hydroxylation sites is 1. The Kier molecular flexibility index (Phi) is 1.12. The van der Waals surface area contributed by atoms with Crippen molar-refractivity contribution in [1.29, 1.82) is 0 Å². The van der Waals surface area contributed by atoms with Gasteiger partial charge < -0.3 is 5.21 Å². The molecule has 0 radical (unpaired) electrons. The van der Waals surface area contributed by atoms with E-state index in [9.17, 15) is 5.21 Å². The fraction of sp³-hybridized carbons (Fsp3) is 0.125. The Morgan fingerprint density at radius 3 is 2.82 bits per heavy atom. The highest BCUT2D eigenvalue weighted by Gasteiger charge is 2.02. The molecule has 0 saturated heterocycles. The van der Waals surface area contributed by atoms with Gasteiger partial charge in [-0.05, 0) is 13.0 Å². The maximum atomic E-state index is 9.20. The summed E-state index contributed by atoms with van der Waals surface area (Å²) in [6.45, 7) is 1.87. The third-order valence-electron chi connectivity index (χ3n) is 1.75. The van der Waals surface area contributed by atoms with Crippen LogP contribution in [0.1, 0.15) is 5.69 Å². The first-order chi connectivity index (χ1) is 5.29.